The Balaban J connectivity index is 1.46. The molecule has 0 atom stereocenters. The van der Waals surface area contributed by atoms with E-state index in [1.54, 1.807) is 0 Å². The number of hydrogen-bond acceptors (Lipinski definition) is 4. The first kappa shape index (κ1) is 17.2. The molecule has 2 aliphatic rings. The third-order valence-corrected chi connectivity index (χ3v) is 6.48. The van der Waals surface area contributed by atoms with Gasteiger partial charge in [-0.15, -0.1) is 0 Å². The Morgan fingerprint density at radius 1 is 1.23 bits per heavy atom. The summed E-state index contributed by atoms with van der Waals surface area (Å²) in [4.78, 5) is 32.5. The molecule has 1 N–H and O–H groups in total. The zero-order valence-electron chi connectivity index (χ0n) is 15.2. The molecule has 2 heterocycles. The van der Waals surface area contributed by atoms with Gasteiger partial charge >= 0.3 is 0 Å². The smallest absolute Gasteiger partial charge is 0.254 e. The normalized spacial score (nSPS) is 16.8. The van der Waals surface area contributed by atoms with Crippen LogP contribution in [0.25, 0.3) is 0 Å². The average Bonchev–Trinajstić information content (AvgIpc) is 2.96. The van der Waals surface area contributed by atoms with Crippen molar-refractivity contribution in [2.45, 2.75) is 46.1 Å². The second-order valence-corrected chi connectivity index (χ2v) is 8.37. The van der Waals surface area contributed by atoms with Crippen molar-refractivity contribution >= 4 is 28.3 Å². The molecule has 0 unspecified atom stereocenters. The number of carbonyl (C=O) groups excluding carboxylic acids is 2. The van der Waals surface area contributed by atoms with Crippen LogP contribution in [0.3, 0.4) is 0 Å². The first-order valence-electron chi connectivity index (χ1n) is 9.17. The van der Waals surface area contributed by atoms with Gasteiger partial charge in [0.15, 0.2) is 5.13 Å². The number of carbonyl (C=O) groups is 2. The van der Waals surface area contributed by atoms with Gasteiger partial charge in [0.05, 0.1) is 12.2 Å². The van der Waals surface area contributed by atoms with Crippen LogP contribution in [-0.2, 0) is 17.8 Å². The van der Waals surface area contributed by atoms with E-state index in [2.05, 4.69) is 10.3 Å². The van der Waals surface area contributed by atoms with Gasteiger partial charge in [0, 0.05) is 29.3 Å². The van der Waals surface area contributed by atoms with Crippen LogP contribution in [0.4, 0.5) is 5.13 Å². The van der Waals surface area contributed by atoms with Gasteiger partial charge in [-0.3, -0.25) is 9.59 Å². The van der Waals surface area contributed by atoms with Crippen molar-refractivity contribution < 1.29 is 9.59 Å². The summed E-state index contributed by atoms with van der Waals surface area (Å²) >= 11 is 1.50. The number of aromatic nitrogens is 1. The Labute approximate surface area is 157 Å². The maximum absolute atomic E-state index is 12.8. The number of benzene rings is 1. The number of nitrogens with zero attached hydrogens (tertiary/aromatic N) is 2. The predicted molar refractivity (Wildman–Crippen MR) is 102 cm³/mol. The fourth-order valence-electron chi connectivity index (χ4n) is 3.36. The van der Waals surface area contributed by atoms with E-state index in [9.17, 15) is 9.59 Å². The molecule has 1 aromatic carbocycles. The Morgan fingerprint density at radius 2 is 2.04 bits per heavy atom. The zero-order chi connectivity index (χ0) is 18.3. The van der Waals surface area contributed by atoms with Crippen LogP contribution in [-0.4, -0.2) is 28.2 Å². The lowest BCUT2D eigenvalue weighted by Gasteiger charge is -2.26. The minimum absolute atomic E-state index is 0.0622. The minimum Gasteiger partial charge on any atom is -0.333 e. The summed E-state index contributed by atoms with van der Waals surface area (Å²) in [6.07, 6.45) is 3.84. The maximum atomic E-state index is 12.8. The van der Waals surface area contributed by atoms with Crippen LogP contribution >= 0.6 is 11.3 Å². The van der Waals surface area contributed by atoms with Crippen LogP contribution in [0.15, 0.2) is 18.2 Å². The monoisotopic (exact) mass is 369 g/mol. The topological polar surface area (TPSA) is 62.3 Å². The molecule has 0 bridgehead atoms. The number of anilines is 1. The first-order chi connectivity index (χ1) is 12.5. The molecular weight excluding hydrogens is 346 g/mol. The molecule has 5 nitrogen and oxygen atoms in total. The van der Waals surface area contributed by atoms with E-state index < -0.39 is 0 Å². The van der Waals surface area contributed by atoms with Gasteiger partial charge in [0.2, 0.25) is 5.91 Å². The highest BCUT2D eigenvalue weighted by atomic mass is 32.1. The lowest BCUT2D eigenvalue weighted by Crippen LogP contribution is -2.35. The molecule has 4 rings (SSSR count). The van der Waals surface area contributed by atoms with Gasteiger partial charge in [-0.25, -0.2) is 4.98 Å². The van der Waals surface area contributed by atoms with Crippen LogP contribution in [0, 0.1) is 19.8 Å². The molecule has 1 aliphatic heterocycles. The molecule has 1 saturated carbocycles. The number of thiazole rings is 1. The van der Waals surface area contributed by atoms with Gasteiger partial charge < -0.3 is 10.2 Å². The van der Waals surface area contributed by atoms with Gasteiger partial charge in [-0.2, -0.15) is 0 Å². The van der Waals surface area contributed by atoms with Crippen molar-refractivity contribution in [2.24, 2.45) is 5.92 Å². The second-order valence-electron chi connectivity index (χ2n) is 7.28. The Bertz CT molecular complexity index is 870. The van der Waals surface area contributed by atoms with Crippen molar-refractivity contribution in [3.8, 4) is 0 Å². The quantitative estimate of drug-likeness (QED) is 0.897. The molecule has 2 amide bonds. The van der Waals surface area contributed by atoms with Gasteiger partial charge in [-0.05, 0) is 49.9 Å². The standard InChI is InChI=1S/C20H23N3O2S/c1-12-6-7-15(10-13(12)2)19(25)23-9-8-16-17(11-23)26-20(21-16)22-18(24)14-4-3-5-14/h6-7,10,14H,3-5,8-9,11H2,1-2H3,(H,21,22,24). The van der Waals surface area contributed by atoms with Crippen LogP contribution in [0.1, 0.15) is 51.3 Å². The third kappa shape index (κ3) is 3.26. The van der Waals surface area contributed by atoms with E-state index in [0.29, 0.717) is 18.2 Å². The summed E-state index contributed by atoms with van der Waals surface area (Å²) in [5.41, 5.74) is 4.08. The number of amides is 2. The molecule has 0 radical (unpaired) electrons. The fraction of sp³-hybridized carbons (Fsp3) is 0.450. The highest BCUT2D eigenvalue weighted by Crippen LogP contribution is 2.32. The predicted octanol–water partition coefficient (Wildman–Crippen LogP) is 3.70. The number of nitrogens with one attached hydrogen (secondary N) is 1. The molecular formula is C20H23N3O2S. The molecule has 0 spiro atoms. The highest BCUT2D eigenvalue weighted by Gasteiger charge is 2.28. The summed E-state index contributed by atoms with van der Waals surface area (Å²) in [6, 6.07) is 5.86. The molecule has 6 heteroatoms. The lowest BCUT2D eigenvalue weighted by atomic mass is 9.85. The summed E-state index contributed by atoms with van der Waals surface area (Å²) in [5.74, 6) is 0.302. The Kier molecular flexibility index (Phi) is 4.53. The van der Waals surface area contributed by atoms with Crippen molar-refractivity contribution in [1.82, 2.24) is 9.88 Å². The van der Waals surface area contributed by atoms with Crippen molar-refractivity contribution in [2.75, 3.05) is 11.9 Å². The van der Waals surface area contributed by atoms with Gasteiger partial charge in [0.25, 0.3) is 5.91 Å². The largest absolute Gasteiger partial charge is 0.333 e. The number of rotatable bonds is 3. The SMILES string of the molecule is Cc1ccc(C(=O)N2CCc3nc(NC(=O)C4CCC4)sc3C2)cc1C. The second kappa shape index (κ2) is 6.83. The molecule has 1 aromatic heterocycles. The Morgan fingerprint density at radius 3 is 2.73 bits per heavy atom. The van der Waals surface area contributed by atoms with E-state index in [-0.39, 0.29) is 17.7 Å². The maximum Gasteiger partial charge on any atom is 0.254 e. The molecule has 26 heavy (non-hydrogen) atoms. The van der Waals surface area contributed by atoms with Crippen molar-refractivity contribution in [3.63, 3.8) is 0 Å². The van der Waals surface area contributed by atoms with E-state index in [4.69, 9.17) is 0 Å². The number of fused-ring (bicyclic) bond motifs is 1. The van der Waals surface area contributed by atoms with Crippen LogP contribution < -0.4 is 5.32 Å². The zero-order valence-corrected chi connectivity index (χ0v) is 16.0. The van der Waals surface area contributed by atoms with E-state index >= 15 is 0 Å². The summed E-state index contributed by atoms with van der Waals surface area (Å²) in [7, 11) is 0. The summed E-state index contributed by atoms with van der Waals surface area (Å²) < 4.78 is 0. The van der Waals surface area contributed by atoms with Gasteiger partial charge in [-0.1, -0.05) is 23.8 Å². The third-order valence-electron chi connectivity index (χ3n) is 5.48. The fourth-order valence-corrected chi connectivity index (χ4v) is 4.38. The molecule has 2 aromatic rings. The van der Waals surface area contributed by atoms with Gasteiger partial charge in [0.1, 0.15) is 0 Å². The van der Waals surface area contributed by atoms with Crippen LogP contribution in [0.5, 0.6) is 0 Å². The number of aryl methyl sites for hydroxylation is 2. The summed E-state index contributed by atoms with van der Waals surface area (Å²) in [5, 5.41) is 3.63. The van der Waals surface area contributed by atoms with E-state index in [1.807, 2.05) is 36.9 Å². The molecule has 0 saturated heterocycles. The lowest BCUT2D eigenvalue weighted by molar-refractivity contribution is -0.122. The Hall–Kier alpha value is -2.21. The first-order valence-corrected chi connectivity index (χ1v) is 9.99. The van der Waals surface area contributed by atoms with Crippen LogP contribution in [0.2, 0.25) is 0 Å². The highest BCUT2D eigenvalue weighted by molar-refractivity contribution is 7.15. The van der Waals surface area contributed by atoms with Crippen molar-refractivity contribution in [3.05, 3.63) is 45.5 Å². The molecule has 1 fully saturated rings. The van der Waals surface area contributed by atoms with E-state index in [0.717, 1.165) is 47.4 Å². The molecule has 136 valence electrons. The average molecular weight is 369 g/mol. The minimum atomic E-state index is 0.0622. The van der Waals surface area contributed by atoms with E-state index in [1.165, 1.54) is 16.9 Å². The molecule has 1 aliphatic carbocycles. The number of hydrogen-bond donors (Lipinski definition) is 1. The van der Waals surface area contributed by atoms with Crippen molar-refractivity contribution in [1.29, 1.82) is 0 Å². The summed E-state index contributed by atoms with van der Waals surface area (Å²) in [6.45, 7) is 5.31.